The molecule has 0 radical (unpaired) electrons. The molecule has 0 unspecified atom stereocenters. The first-order valence-corrected chi connectivity index (χ1v) is 19.2. The maximum Gasteiger partial charge on any atom is 0.0540 e. The summed E-state index contributed by atoms with van der Waals surface area (Å²) in [5.41, 5.74) is 13.0. The molecular formula is C52H35NS. The number of fused-ring (bicyclic) bond motifs is 4. The normalized spacial score (nSPS) is 11.3. The summed E-state index contributed by atoms with van der Waals surface area (Å²) in [6, 6.07) is 77.2. The third-order valence-corrected chi connectivity index (χ3v) is 11.6. The van der Waals surface area contributed by atoms with E-state index in [0.29, 0.717) is 0 Å². The number of para-hydroxylation sites is 2. The lowest BCUT2D eigenvalue weighted by atomic mass is 9.97. The van der Waals surface area contributed by atoms with Gasteiger partial charge < -0.3 is 4.90 Å². The quantitative estimate of drug-likeness (QED) is 0.160. The molecule has 1 heterocycles. The minimum Gasteiger partial charge on any atom is -0.309 e. The van der Waals surface area contributed by atoms with Crippen molar-refractivity contribution in [3.8, 4) is 44.5 Å². The predicted molar refractivity (Wildman–Crippen MR) is 233 cm³/mol. The zero-order chi connectivity index (χ0) is 35.8. The summed E-state index contributed by atoms with van der Waals surface area (Å²) in [4.78, 5) is 2.43. The first kappa shape index (κ1) is 32.0. The third-order valence-electron chi connectivity index (χ3n) is 10.5. The zero-order valence-corrected chi connectivity index (χ0v) is 30.4. The summed E-state index contributed by atoms with van der Waals surface area (Å²) in [6.07, 6.45) is 0. The molecule has 0 amide bonds. The smallest absolute Gasteiger partial charge is 0.0540 e. The van der Waals surface area contributed by atoms with Crippen molar-refractivity contribution in [3.05, 3.63) is 212 Å². The van der Waals surface area contributed by atoms with Gasteiger partial charge >= 0.3 is 0 Å². The molecule has 0 aliphatic carbocycles. The van der Waals surface area contributed by atoms with Crippen LogP contribution in [-0.2, 0) is 0 Å². The van der Waals surface area contributed by atoms with Gasteiger partial charge in [0, 0.05) is 37.0 Å². The number of anilines is 3. The Morgan fingerprint density at radius 3 is 1.56 bits per heavy atom. The summed E-state index contributed by atoms with van der Waals surface area (Å²) in [5, 5.41) is 5.15. The van der Waals surface area contributed by atoms with Gasteiger partial charge in [0.15, 0.2) is 0 Å². The number of nitrogens with zero attached hydrogens (tertiary/aromatic N) is 1. The molecule has 0 saturated carbocycles. The summed E-state index contributed by atoms with van der Waals surface area (Å²) in [6.45, 7) is 0. The fraction of sp³-hybridized carbons (Fsp3) is 0. The molecule has 0 aliphatic rings. The Hall–Kier alpha value is -6.74. The molecule has 54 heavy (non-hydrogen) atoms. The van der Waals surface area contributed by atoms with Gasteiger partial charge in [0.05, 0.1) is 11.4 Å². The fourth-order valence-corrected chi connectivity index (χ4v) is 8.92. The Bertz CT molecular complexity index is 2920. The summed E-state index contributed by atoms with van der Waals surface area (Å²) < 4.78 is 2.62. The largest absolute Gasteiger partial charge is 0.309 e. The van der Waals surface area contributed by atoms with Crippen molar-refractivity contribution in [2.75, 3.05) is 4.90 Å². The lowest BCUT2D eigenvalue weighted by Gasteiger charge is -2.30. The van der Waals surface area contributed by atoms with Gasteiger partial charge in [0.25, 0.3) is 0 Å². The van der Waals surface area contributed by atoms with E-state index in [4.69, 9.17) is 0 Å². The van der Waals surface area contributed by atoms with Gasteiger partial charge in [-0.1, -0.05) is 170 Å². The van der Waals surface area contributed by atoms with E-state index in [2.05, 4.69) is 217 Å². The van der Waals surface area contributed by atoms with Crippen LogP contribution in [0.5, 0.6) is 0 Å². The van der Waals surface area contributed by atoms with Crippen LogP contribution in [0.4, 0.5) is 17.1 Å². The Morgan fingerprint density at radius 2 is 0.815 bits per heavy atom. The van der Waals surface area contributed by atoms with Crippen molar-refractivity contribution in [3.63, 3.8) is 0 Å². The predicted octanol–water partition coefficient (Wildman–Crippen LogP) is 15.3. The highest BCUT2D eigenvalue weighted by atomic mass is 32.1. The molecule has 10 rings (SSSR count). The van der Waals surface area contributed by atoms with Gasteiger partial charge in [0.2, 0.25) is 0 Å². The highest BCUT2D eigenvalue weighted by Crippen LogP contribution is 2.46. The van der Waals surface area contributed by atoms with Crippen LogP contribution in [-0.4, -0.2) is 0 Å². The van der Waals surface area contributed by atoms with Crippen LogP contribution in [0.15, 0.2) is 212 Å². The van der Waals surface area contributed by atoms with Gasteiger partial charge in [-0.25, -0.2) is 0 Å². The van der Waals surface area contributed by atoms with Crippen LogP contribution in [0.2, 0.25) is 0 Å². The number of hydrogen-bond donors (Lipinski definition) is 0. The molecule has 0 atom stereocenters. The molecule has 0 bridgehead atoms. The Kier molecular flexibility index (Phi) is 8.09. The summed E-state index contributed by atoms with van der Waals surface area (Å²) in [7, 11) is 0. The Morgan fingerprint density at radius 1 is 0.296 bits per heavy atom. The average Bonchev–Trinajstić information content (AvgIpc) is 3.63. The molecule has 1 aromatic heterocycles. The van der Waals surface area contributed by atoms with Crippen molar-refractivity contribution >= 4 is 59.3 Å². The topological polar surface area (TPSA) is 3.24 Å². The molecule has 2 heteroatoms. The van der Waals surface area contributed by atoms with Gasteiger partial charge in [0.1, 0.15) is 0 Å². The molecule has 0 spiro atoms. The fourth-order valence-electron chi connectivity index (χ4n) is 7.77. The lowest BCUT2D eigenvalue weighted by Crippen LogP contribution is -2.12. The highest BCUT2D eigenvalue weighted by molar-refractivity contribution is 7.25. The van der Waals surface area contributed by atoms with Gasteiger partial charge in [-0.3, -0.25) is 0 Å². The van der Waals surface area contributed by atoms with Gasteiger partial charge in [-0.05, 0) is 86.6 Å². The first-order chi connectivity index (χ1) is 26.8. The van der Waals surface area contributed by atoms with Gasteiger partial charge in [-0.2, -0.15) is 0 Å². The van der Waals surface area contributed by atoms with Crippen molar-refractivity contribution in [2.24, 2.45) is 0 Å². The van der Waals surface area contributed by atoms with Crippen molar-refractivity contribution in [2.45, 2.75) is 0 Å². The second kappa shape index (κ2) is 13.7. The Balaban J connectivity index is 1.07. The monoisotopic (exact) mass is 705 g/mol. The second-order valence-electron chi connectivity index (χ2n) is 13.7. The number of rotatable bonds is 7. The summed E-state index contributed by atoms with van der Waals surface area (Å²) >= 11 is 1.86. The first-order valence-electron chi connectivity index (χ1n) is 18.4. The van der Waals surface area contributed by atoms with Crippen molar-refractivity contribution < 1.29 is 0 Å². The molecule has 0 N–H and O–H groups in total. The van der Waals surface area contributed by atoms with Crippen molar-refractivity contribution in [1.29, 1.82) is 0 Å². The molecule has 254 valence electrons. The van der Waals surface area contributed by atoms with Crippen LogP contribution < -0.4 is 4.90 Å². The molecule has 0 aliphatic heterocycles. The Labute approximate surface area is 319 Å². The van der Waals surface area contributed by atoms with E-state index < -0.39 is 0 Å². The van der Waals surface area contributed by atoms with Gasteiger partial charge in [-0.15, -0.1) is 11.3 Å². The van der Waals surface area contributed by atoms with E-state index >= 15 is 0 Å². The van der Waals surface area contributed by atoms with Crippen LogP contribution >= 0.6 is 11.3 Å². The third kappa shape index (κ3) is 5.84. The lowest BCUT2D eigenvalue weighted by molar-refractivity contribution is 1.28. The van der Waals surface area contributed by atoms with E-state index in [9.17, 15) is 0 Å². The number of hydrogen-bond acceptors (Lipinski definition) is 2. The minimum atomic E-state index is 1.10. The van der Waals surface area contributed by atoms with Crippen LogP contribution in [0.1, 0.15) is 0 Å². The molecule has 1 nitrogen and oxygen atoms in total. The molecule has 10 aromatic rings. The maximum atomic E-state index is 2.43. The molecule has 0 fully saturated rings. The average molecular weight is 706 g/mol. The van der Waals surface area contributed by atoms with Crippen LogP contribution in [0.3, 0.4) is 0 Å². The molecular weight excluding hydrogens is 671 g/mol. The standard InChI is InChI=1S/C52H35NS/c1-2-13-40(14-3-1)45-16-6-9-19-49(45)53(50-20-10-7-17-46(50)43-30-33-48-47-18-8-11-21-51(47)54-52(48)35-43)44-31-28-38(29-32-44)37-22-24-39(25-23-37)42-27-26-36-12-4-5-15-41(36)34-42/h1-35H. The van der Waals surface area contributed by atoms with Crippen LogP contribution in [0, 0.1) is 0 Å². The zero-order valence-electron chi connectivity index (χ0n) is 29.6. The summed E-state index contributed by atoms with van der Waals surface area (Å²) in [5.74, 6) is 0. The molecule has 9 aromatic carbocycles. The van der Waals surface area contributed by atoms with Crippen molar-refractivity contribution in [1.82, 2.24) is 0 Å². The SMILES string of the molecule is c1ccc(-c2ccccc2N(c2ccc(-c3ccc(-c4ccc5ccccc5c4)cc3)cc2)c2ccccc2-c2ccc3c(c2)sc2ccccc23)cc1. The maximum absolute atomic E-state index is 2.43. The van der Waals surface area contributed by atoms with E-state index in [1.807, 2.05) is 11.3 Å². The number of benzene rings is 9. The van der Waals surface area contributed by atoms with Crippen LogP contribution in [0.25, 0.3) is 75.5 Å². The minimum absolute atomic E-state index is 1.10. The second-order valence-corrected chi connectivity index (χ2v) is 14.8. The van der Waals surface area contributed by atoms with E-state index in [0.717, 1.165) is 17.1 Å². The molecule has 0 saturated heterocycles. The van der Waals surface area contributed by atoms with E-state index in [1.54, 1.807) is 0 Å². The van der Waals surface area contributed by atoms with E-state index in [-0.39, 0.29) is 0 Å². The highest BCUT2D eigenvalue weighted by Gasteiger charge is 2.21. The van der Waals surface area contributed by atoms with E-state index in [1.165, 1.54) is 75.5 Å². The number of thiophene rings is 1.